The van der Waals surface area contributed by atoms with Crippen LogP contribution in [0.3, 0.4) is 0 Å². The minimum atomic E-state index is -0.379. The van der Waals surface area contributed by atoms with Gasteiger partial charge in [0, 0.05) is 19.7 Å². The summed E-state index contributed by atoms with van der Waals surface area (Å²) in [6, 6.07) is 0.331. The molecule has 4 heteroatoms. The average Bonchev–Trinajstić information content (AvgIpc) is 2.61. The highest BCUT2D eigenvalue weighted by atomic mass is 16.5. The molecule has 0 aliphatic heterocycles. The largest absolute Gasteiger partial charge is 0.378 e. The summed E-state index contributed by atoms with van der Waals surface area (Å²) >= 11 is 0. The first-order valence-electron chi connectivity index (χ1n) is 6.00. The van der Waals surface area contributed by atoms with Gasteiger partial charge in [0.15, 0.2) is 0 Å². The lowest BCUT2D eigenvalue weighted by molar-refractivity contribution is -0.126. The SMILES string of the molecule is COC(C)(C)CC(=O)NCC1CCC(N)C1. The third-order valence-electron chi connectivity index (χ3n) is 3.31. The number of amides is 1. The van der Waals surface area contributed by atoms with Gasteiger partial charge >= 0.3 is 0 Å². The summed E-state index contributed by atoms with van der Waals surface area (Å²) in [5, 5.41) is 2.96. The van der Waals surface area contributed by atoms with E-state index < -0.39 is 0 Å². The summed E-state index contributed by atoms with van der Waals surface area (Å²) in [6.45, 7) is 4.59. The summed E-state index contributed by atoms with van der Waals surface area (Å²) in [6.07, 6.45) is 3.66. The van der Waals surface area contributed by atoms with Crippen molar-refractivity contribution in [2.45, 2.75) is 51.2 Å². The average molecular weight is 228 g/mol. The molecule has 1 aliphatic rings. The second-order valence-corrected chi connectivity index (χ2v) is 5.38. The number of carbonyl (C=O) groups excluding carboxylic acids is 1. The molecule has 2 unspecified atom stereocenters. The van der Waals surface area contributed by atoms with Crippen LogP contribution in [-0.2, 0) is 9.53 Å². The molecule has 0 saturated heterocycles. The van der Waals surface area contributed by atoms with Crippen LogP contribution in [0.4, 0.5) is 0 Å². The van der Waals surface area contributed by atoms with E-state index in [0.717, 1.165) is 25.8 Å². The molecule has 0 bridgehead atoms. The molecule has 1 saturated carbocycles. The van der Waals surface area contributed by atoms with Crippen molar-refractivity contribution in [1.29, 1.82) is 0 Å². The van der Waals surface area contributed by atoms with Gasteiger partial charge in [0.05, 0.1) is 12.0 Å². The maximum atomic E-state index is 11.6. The zero-order chi connectivity index (χ0) is 12.2. The van der Waals surface area contributed by atoms with Crippen molar-refractivity contribution < 1.29 is 9.53 Å². The van der Waals surface area contributed by atoms with Gasteiger partial charge in [0.1, 0.15) is 0 Å². The Morgan fingerprint density at radius 3 is 2.69 bits per heavy atom. The predicted molar refractivity (Wildman–Crippen MR) is 64.0 cm³/mol. The maximum absolute atomic E-state index is 11.6. The first-order chi connectivity index (χ1) is 7.43. The molecule has 0 aromatic carbocycles. The molecular weight excluding hydrogens is 204 g/mol. The predicted octanol–water partition coefficient (Wildman–Crippen LogP) is 1.05. The van der Waals surface area contributed by atoms with Crippen molar-refractivity contribution in [2.75, 3.05) is 13.7 Å². The third kappa shape index (κ3) is 4.49. The van der Waals surface area contributed by atoms with Gasteiger partial charge in [-0.2, -0.15) is 0 Å². The molecule has 1 fully saturated rings. The van der Waals surface area contributed by atoms with Gasteiger partial charge in [-0.1, -0.05) is 0 Å². The van der Waals surface area contributed by atoms with E-state index in [-0.39, 0.29) is 11.5 Å². The van der Waals surface area contributed by atoms with Crippen molar-refractivity contribution in [3.8, 4) is 0 Å². The van der Waals surface area contributed by atoms with Gasteiger partial charge in [0.2, 0.25) is 5.91 Å². The zero-order valence-electron chi connectivity index (χ0n) is 10.6. The second kappa shape index (κ2) is 5.64. The Hall–Kier alpha value is -0.610. The van der Waals surface area contributed by atoms with E-state index >= 15 is 0 Å². The standard InChI is InChI=1S/C12H24N2O2/c1-12(2,16-3)7-11(15)14-8-9-4-5-10(13)6-9/h9-10H,4-8,13H2,1-3H3,(H,14,15). The lowest BCUT2D eigenvalue weighted by atomic mass is 10.0. The normalized spacial score (nSPS) is 25.8. The molecule has 94 valence electrons. The fourth-order valence-corrected chi connectivity index (χ4v) is 2.08. The Kier molecular flexibility index (Phi) is 4.74. The van der Waals surface area contributed by atoms with Crippen molar-refractivity contribution in [2.24, 2.45) is 11.7 Å². The fourth-order valence-electron chi connectivity index (χ4n) is 2.08. The van der Waals surface area contributed by atoms with Crippen molar-refractivity contribution in [3.05, 3.63) is 0 Å². The summed E-state index contributed by atoms with van der Waals surface area (Å²) < 4.78 is 5.22. The fraction of sp³-hybridized carbons (Fsp3) is 0.917. The third-order valence-corrected chi connectivity index (χ3v) is 3.31. The molecule has 0 radical (unpaired) electrons. The van der Waals surface area contributed by atoms with Crippen LogP contribution in [-0.4, -0.2) is 31.2 Å². The van der Waals surface area contributed by atoms with Gasteiger partial charge in [-0.15, -0.1) is 0 Å². The summed E-state index contributed by atoms with van der Waals surface area (Å²) in [7, 11) is 1.63. The summed E-state index contributed by atoms with van der Waals surface area (Å²) in [5.41, 5.74) is 5.44. The Labute approximate surface area is 97.9 Å². The molecule has 0 aromatic heterocycles. The topological polar surface area (TPSA) is 64.3 Å². The molecule has 1 aliphatic carbocycles. The molecule has 0 heterocycles. The smallest absolute Gasteiger partial charge is 0.222 e. The number of nitrogens with two attached hydrogens (primary N) is 1. The van der Waals surface area contributed by atoms with Gasteiger partial charge in [-0.05, 0) is 39.0 Å². The highest BCUT2D eigenvalue weighted by Crippen LogP contribution is 2.23. The number of hydrogen-bond donors (Lipinski definition) is 2. The minimum absolute atomic E-state index is 0.0623. The lowest BCUT2D eigenvalue weighted by Gasteiger charge is -2.22. The van der Waals surface area contributed by atoms with Crippen LogP contribution >= 0.6 is 0 Å². The van der Waals surface area contributed by atoms with Crippen molar-refractivity contribution >= 4 is 5.91 Å². The molecule has 0 spiro atoms. The minimum Gasteiger partial charge on any atom is -0.378 e. The molecule has 4 nitrogen and oxygen atoms in total. The molecule has 16 heavy (non-hydrogen) atoms. The Morgan fingerprint density at radius 1 is 1.50 bits per heavy atom. The molecule has 0 aromatic rings. The van der Waals surface area contributed by atoms with Crippen molar-refractivity contribution in [1.82, 2.24) is 5.32 Å². The number of carbonyl (C=O) groups is 1. The van der Waals surface area contributed by atoms with E-state index in [4.69, 9.17) is 10.5 Å². The van der Waals surface area contributed by atoms with Crippen LogP contribution < -0.4 is 11.1 Å². The highest BCUT2D eigenvalue weighted by molar-refractivity contribution is 5.76. The molecule has 2 atom stereocenters. The van der Waals surface area contributed by atoms with E-state index in [1.165, 1.54) is 0 Å². The quantitative estimate of drug-likeness (QED) is 0.739. The van der Waals surface area contributed by atoms with Crippen LogP contribution in [0, 0.1) is 5.92 Å². The van der Waals surface area contributed by atoms with Gasteiger partial charge in [0.25, 0.3) is 0 Å². The summed E-state index contributed by atoms with van der Waals surface area (Å²) in [4.78, 5) is 11.6. The van der Waals surface area contributed by atoms with Crippen molar-refractivity contribution in [3.63, 3.8) is 0 Å². The number of rotatable bonds is 5. The van der Waals surface area contributed by atoms with E-state index in [0.29, 0.717) is 18.4 Å². The maximum Gasteiger partial charge on any atom is 0.222 e. The first-order valence-corrected chi connectivity index (χ1v) is 6.00. The number of hydrogen-bond acceptors (Lipinski definition) is 3. The molecule has 1 rings (SSSR count). The molecular formula is C12H24N2O2. The Bertz CT molecular complexity index is 241. The molecule has 3 N–H and O–H groups in total. The molecule has 1 amide bonds. The van der Waals surface area contributed by atoms with Crippen LogP contribution in [0.5, 0.6) is 0 Å². The lowest BCUT2D eigenvalue weighted by Crippen LogP contribution is -2.35. The number of ether oxygens (including phenoxy) is 1. The monoisotopic (exact) mass is 228 g/mol. The van der Waals surface area contributed by atoms with E-state index in [1.807, 2.05) is 13.8 Å². The highest BCUT2D eigenvalue weighted by Gasteiger charge is 2.24. The van der Waals surface area contributed by atoms with Gasteiger partial charge < -0.3 is 15.8 Å². The van der Waals surface area contributed by atoms with Crippen LogP contribution in [0.25, 0.3) is 0 Å². The first kappa shape index (κ1) is 13.5. The van der Waals surface area contributed by atoms with E-state index in [1.54, 1.807) is 7.11 Å². The van der Waals surface area contributed by atoms with Crippen LogP contribution in [0.2, 0.25) is 0 Å². The van der Waals surface area contributed by atoms with E-state index in [2.05, 4.69) is 5.32 Å². The number of methoxy groups -OCH3 is 1. The summed E-state index contributed by atoms with van der Waals surface area (Å²) in [5.74, 6) is 0.622. The van der Waals surface area contributed by atoms with E-state index in [9.17, 15) is 4.79 Å². The van der Waals surface area contributed by atoms with Crippen LogP contribution in [0.1, 0.15) is 39.5 Å². The second-order valence-electron chi connectivity index (χ2n) is 5.38. The number of nitrogens with one attached hydrogen (secondary N) is 1. The Morgan fingerprint density at radius 2 is 2.19 bits per heavy atom. The van der Waals surface area contributed by atoms with Gasteiger partial charge in [-0.3, -0.25) is 4.79 Å². The Balaban J connectivity index is 2.20. The van der Waals surface area contributed by atoms with Gasteiger partial charge in [-0.25, -0.2) is 0 Å². The zero-order valence-corrected chi connectivity index (χ0v) is 10.6. The van der Waals surface area contributed by atoms with Crippen LogP contribution in [0.15, 0.2) is 0 Å².